The molecule has 1 aliphatic carbocycles. The molecule has 0 radical (unpaired) electrons. The lowest BCUT2D eigenvalue weighted by atomic mass is 9.96. The lowest BCUT2D eigenvalue weighted by Crippen LogP contribution is -2.38. The maximum Gasteiger partial charge on any atom is 0.234 e. The summed E-state index contributed by atoms with van der Waals surface area (Å²) in [5.41, 5.74) is 6.94. The topological polar surface area (TPSA) is 105 Å². The first-order valence-corrected chi connectivity index (χ1v) is 9.19. The van der Waals surface area contributed by atoms with Crippen LogP contribution in [0.5, 0.6) is 5.75 Å². The molecule has 2 unspecified atom stereocenters. The number of aromatic nitrogens is 1. The van der Waals surface area contributed by atoms with Crippen LogP contribution in [-0.2, 0) is 4.79 Å². The van der Waals surface area contributed by atoms with E-state index in [0.717, 1.165) is 12.2 Å². The number of benzene rings is 1. The largest absolute Gasteiger partial charge is 0.497 e. The highest BCUT2D eigenvalue weighted by atomic mass is 16.5. The van der Waals surface area contributed by atoms with Gasteiger partial charge in [-0.05, 0) is 42.9 Å². The van der Waals surface area contributed by atoms with Crippen LogP contribution < -0.4 is 15.4 Å². The number of hydrogen-bond acceptors (Lipinski definition) is 6. The van der Waals surface area contributed by atoms with Crippen LogP contribution in [0.3, 0.4) is 0 Å². The molecule has 4 rings (SSSR count). The molecule has 1 saturated heterocycles. The lowest BCUT2D eigenvalue weighted by molar-refractivity contribution is -0.122. The number of nitriles is 1. The first kappa shape index (κ1) is 17.4. The van der Waals surface area contributed by atoms with Gasteiger partial charge in [0, 0.05) is 24.9 Å². The number of rotatable bonds is 5. The van der Waals surface area contributed by atoms with Crippen molar-refractivity contribution in [3.05, 3.63) is 41.4 Å². The third-order valence-electron chi connectivity index (χ3n) is 5.57. The second-order valence-electron chi connectivity index (χ2n) is 7.20. The lowest BCUT2D eigenvalue weighted by Gasteiger charge is -2.30. The molecule has 2 N–H and O–H groups in total. The van der Waals surface area contributed by atoms with E-state index >= 15 is 0 Å². The van der Waals surface area contributed by atoms with Crippen LogP contribution >= 0.6 is 0 Å². The molecule has 1 aromatic carbocycles. The highest BCUT2D eigenvalue weighted by Crippen LogP contribution is 2.55. The van der Waals surface area contributed by atoms with E-state index in [1.54, 1.807) is 7.11 Å². The molecule has 0 spiro atoms. The Morgan fingerprint density at radius 2 is 2.00 bits per heavy atom. The normalized spacial score (nSPS) is 22.3. The summed E-state index contributed by atoms with van der Waals surface area (Å²) in [6.07, 6.45) is 2.31. The number of nitrogens with two attached hydrogens (primary N) is 1. The summed E-state index contributed by atoms with van der Waals surface area (Å²) in [4.78, 5) is 17.8. The average Bonchev–Trinajstić information content (AvgIpc) is 3.39. The summed E-state index contributed by atoms with van der Waals surface area (Å²) in [6.45, 7) is 1.28. The quantitative estimate of drug-likeness (QED) is 0.872. The van der Waals surface area contributed by atoms with E-state index in [0.29, 0.717) is 49.3 Å². The Morgan fingerprint density at radius 1 is 1.30 bits per heavy atom. The van der Waals surface area contributed by atoms with E-state index in [4.69, 9.17) is 14.9 Å². The van der Waals surface area contributed by atoms with Crippen molar-refractivity contribution in [2.75, 3.05) is 25.1 Å². The van der Waals surface area contributed by atoms with E-state index in [-0.39, 0.29) is 17.7 Å². The Bertz CT molecular complexity index is 876. The predicted molar refractivity (Wildman–Crippen MR) is 98.4 cm³/mol. The standard InChI is InChI=1S/C20H22N4O3/c1-26-14-4-2-12(3-5-14)15-10-16(15)19-23-17(11-21)20(27-19)24-8-6-13(7-9-24)18(22)25/h2-5,13,15-16H,6-10H2,1H3,(H2,22,25). The number of carbonyl (C=O) groups excluding carboxylic acids is 1. The SMILES string of the molecule is COc1ccc(C2CC2c2nc(C#N)c(N3CCC(C(N)=O)CC3)o2)cc1. The fraction of sp³-hybridized carbons (Fsp3) is 0.450. The number of amides is 1. The summed E-state index contributed by atoms with van der Waals surface area (Å²) in [6, 6.07) is 10.2. The second-order valence-corrected chi connectivity index (χ2v) is 7.20. The van der Waals surface area contributed by atoms with Crippen LogP contribution in [0.15, 0.2) is 28.7 Å². The predicted octanol–water partition coefficient (Wildman–Crippen LogP) is 2.53. The van der Waals surface area contributed by atoms with Gasteiger partial charge in [-0.3, -0.25) is 4.79 Å². The highest BCUT2D eigenvalue weighted by molar-refractivity contribution is 5.77. The molecule has 1 saturated carbocycles. The van der Waals surface area contributed by atoms with Gasteiger partial charge in [-0.1, -0.05) is 12.1 Å². The van der Waals surface area contributed by atoms with Gasteiger partial charge in [0.2, 0.25) is 23.4 Å². The van der Waals surface area contributed by atoms with Gasteiger partial charge < -0.3 is 19.8 Å². The zero-order chi connectivity index (χ0) is 19.0. The van der Waals surface area contributed by atoms with Crippen LogP contribution in [0.4, 0.5) is 5.88 Å². The molecule has 2 atom stereocenters. The minimum absolute atomic E-state index is 0.0999. The van der Waals surface area contributed by atoms with Crippen molar-refractivity contribution in [2.24, 2.45) is 11.7 Å². The van der Waals surface area contributed by atoms with Crippen molar-refractivity contribution < 1.29 is 13.9 Å². The van der Waals surface area contributed by atoms with Crippen molar-refractivity contribution in [1.82, 2.24) is 4.98 Å². The Balaban J connectivity index is 1.48. The van der Waals surface area contributed by atoms with Gasteiger partial charge in [0.15, 0.2) is 0 Å². The van der Waals surface area contributed by atoms with E-state index in [1.165, 1.54) is 5.56 Å². The first-order chi connectivity index (χ1) is 13.1. The van der Waals surface area contributed by atoms with Crippen molar-refractivity contribution >= 4 is 11.8 Å². The van der Waals surface area contributed by atoms with Crippen LogP contribution in [0.25, 0.3) is 0 Å². The molecule has 1 amide bonds. The monoisotopic (exact) mass is 366 g/mol. The van der Waals surface area contributed by atoms with Gasteiger partial charge in [0.25, 0.3) is 0 Å². The number of oxazole rings is 1. The highest BCUT2D eigenvalue weighted by Gasteiger charge is 2.44. The molecular weight excluding hydrogens is 344 g/mol. The molecule has 2 aliphatic rings. The van der Waals surface area contributed by atoms with Crippen LogP contribution in [0, 0.1) is 17.2 Å². The van der Waals surface area contributed by atoms with Gasteiger partial charge in [-0.2, -0.15) is 5.26 Å². The van der Waals surface area contributed by atoms with E-state index < -0.39 is 0 Å². The molecule has 0 bridgehead atoms. The number of hydrogen-bond donors (Lipinski definition) is 1. The minimum Gasteiger partial charge on any atom is -0.497 e. The third-order valence-corrected chi connectivity index (χ3v) is 5.57. The smallest absolute Gasteiger partial charge is 0.234 e. The number of primary amides is 1. The van der Waals surface area contributed by atoms with E-state index in [9.17, 15) is 10.1 Å². The van der Waals surface area contributed by atoms with E-state index in [2.05, 4.69) is 23.2 Å². The molecule has 2 aromatic rings. The molecule has 1 aromatic heterocycles. The summed E-state index contributed by atoms with van der Waals surface area (Å²) >= 11 is 0. The van der Waals surface area contributed by atoms with Crippen LogP contribution in [0.2, 0.25) is 0 Å². The molecule has 1 aliphatic heterocycles. The van der Waals surface area contributed by atoms with Gasteiger partial charge in [-0.25, -0.2) is 4.98 Å². The third kappa shape index (κ3) is 3.35. The summed E-state index contributed by atoms with van der Waals surface area (Å²) < 4.78 is 11.2. The number of nitrogens with zero attached hydrogens (tertiary/aromatic N) is 3. The van der Waals surface area contributed by atoms with Crippen molar-refractivity contribution in [3.63, 3.8) is 0 Å². The number of methoxy groups -OCH3 is 1. The average molecular weight is 366 g/mol. The fourth-order valence-corrected chi connectivity index (χ4v) is 3.83. The number of piperidine rings is 1. The molecule has 140 valence electrons. The van der Waals surface area contributed by atoms with Gasteiger partial charge in [-0.15, -0.1) is 0 Å². The van der Waals surface area contributed by atoms with Gasteiger partial charge in [0.1, 0.15) is 11.8 Å². The summed E-state index contributed by atoms with van der Waals surface area (Å²) in [5.74, 6) is 2.18. The van der Waals surface area contributed by atoms with Crippen LogP contribution in [0.1, 0.15) is 48.2 Å². The van der Waals surface area contributed by atoms with Gasteiger partial charge in [0.05, 0.1) is 7.11 Å². The maximum atomic E-state index is 11.3. The van der Waals surface area contributed by atoms with Crippen LogP contribution in [-0.4, -0.2) is 31.1 Å². The summed E-state index contributed by atoms with van der Waals surface area (Å²) in [5, 5.41) is 9.46. The molecule has 27 heavy (non-hydrogen) atoms. The van der Waals surface area contributed by atoms with Gasteiger partial charge >= 0.3 is 0 Å². The fourth-order valence-electron chi connectivity index (χ4n) is 3.83. The van der Waals surface area contributed by atoms with E-state index in [1.807, 2.05) is 17.0 Å². The Morgan fingerprint density at radius 3 is 2.59 bits per heavy atom. The molecule has 2 heterocycles. The number of anilines is 1. The molecule has 7 heteroatoms. The molecule has 2 fully saturated rings. The minimum atomic E-state index is -0.256. The van der Waals surface area contributed by atoms with Crippen molar-refractivity contribution in [2.45, 2.75) is 31.1 Å². The number of ether oxygens (including phenoxy) is 1. The maximum absolute atomic E-state index is 11.3. The zero-order valence-corrected chi connectivity index (χ0v) is 15.2. The Hall–Kier alpha value is -3.01. The zero-order valence-electron chi connectivity index (χ0n) is 15.2. The van der Waals surface area contributed by atoms with Crippen molar-refractivity contribution in [1.29, 1.82) is 5.26 Å². The number of carbonyl (C=O) groups is 1. The Kier molecular flexibility index (Phi) is 4.48. The molecular formula is C20H22N4O3. The Labute approximate surface area is 157 Å². The van der Waals surface area contributed by atoms with Crippen molar-refractivity contribution in [3.8, 4) is 11.8 Å². The second kappa shape index (κ2) is 6.95. The first-order valence-electron chi connectivity index (χ1n) is 9.19. The molecule has 7 nitrogen and oxygen atoms in total. The summed E-state index contributed by atoms with van der Waals surface area (Å²) in [7, 11) is 1.65.